The molecular weight excluding hydrogens is 620 g/mol. The maximum absolute atomic E-state index is 12.3. The maximum Gasteiger partial charge on any atom is 0.330 e. The lowest BCUT2D eigenvalue weighted by Crippen LogP contribution is -2.64. The third-order valence-corrected chi connectivity index (χ3v) is 6.66. The first kappa shape index (κ1) is 36.3. The Balaban J connectivity index is 1.84. The van der Waals surface area contributed by atoms with Crippen molar-refractivity contribution in [1.82, 2.24) is 0 Å². The van der Waals surface area contributed by atoms with Gasteiger partial charge in [0.1, 0.15) is 56.1 Å². The van der Waals surface area contributed by atoms with Crippen LogP contribution in [0.15, 0.2) is 30.3 Å². The second kappa shape index (κ2) is 15.9. The highest BCUT2D eigenvalue weighted by atomic mass is 16.8. The topological polar surface area (TPSA) is 240 Å². The molecular formula is C29H36O17. The van der Waals surface area contributed by atoms with Gasteiger partial charge in [-0.15, -0.1) is 0 Å². The van der Waals surface area contributed by atoms with Crippen LogP contribution in [0.3, 0.4) is 0 Å². The summed E-state index contributed by atoms with van der Waals surface area (Å²) in [6.07, 6.45) is -11.2. The molecule has 1 aromatic rings. The van der Waals surface area contributed by atoms with E-state index in [0.29, 0.717) is 5.56 Å². The summed E-state index contributed by atoms with van der Waals surface area (Å²) in [6, 6.07) is 5.90. The van der Waals surface area contributed by atoms with Gasteiger partial charge in [0.15, 0.2) is 18.5 Å². The lowest BCUT2D eigenvalue weighted by Gasteiger charge is -2.45. The standard InChI is InChI=1S/C29H36O17/c1-14(30)39-12-21-25(42-16(3)32)26(43-17(4)33)24(37)28(44-21)46-29(13-41-15(2)31)27(38)23(36)20(45-29)11-40-22(35)10-7-18-5-8-19(34)9-6-18/h5-10,20-21,23-28,34,36-38H,11-13H2,1-4H3/b10-7+/t20-,21+,23-,24+,25+,26+,27+,28-,29?/m0/s1. The molecule has 1 unspecified atom stereocenters. The molecule has 46 heavy (non-hydrogen) atoms. The molecule has 4 N–H and O–H groups in total. The van der Waals surface area contributed by atoms with Crippen LogP contribution in [0, 0.1) is 0 Å². The summed E-state index contributed by atoms with van der Waals surface area (Å²) in [4.78, 5) is 59.3. The van der Waals surface area contributed by atoms with Gasteiger partial charge in [0.2, 0.25) is 5.79 Å². The number of benzene rings is 1. The molecule has 2 fully saturated rings. The third kappa shape index (κ3) is 9.68. The van der Waals surface area contributed by atoms with Crippen LogP contribution in [0.4, 0.5) is 0 Å². The minimum absolute atomic E-state index is 0.0299. The first-order chi connectivity index (χ1) is 21.6. The van der Waals surface area contributed by atoms with Crippen molar-refractivity contribution in [2.75, 3.05) is 19.8 Å². The van der Waals surface area contributed by atoms with E-state index in [2.05, 4.69) is 0 Å². The molecule has 0 spiro atoms. The maximum atomic E-state index is 12.3. The predicted molar refractivity (Wildman–Crippen MR) is 148 cm³/mol. The smallest absolute Gasteiger partial charge is 0.330 e. The number of ether oxygens (including phenoxy) is 8. The summed E-state index contributed by atoms with van der Waals surface area (Å²) >= 11 is 0. The highest BCUT2D eigenvalue weighted by Crippen LogP contribution is 2.38. The Kier molecular flexibility index (Phi) is 12.6. The largest absolute Gasteiger partial charge is 0.508 e. The molecule has 0 saturated carbocycles. The number of hydrogen-bond acceptors (Lipinski definition) is 17. The number of carbonyl (C=O) groups excluding carboxylic acids is 5. The Labute approximate surface area is 262 Å². The van der Waals surface area contributed by atoms with E-state index in [4.69, 9.17) is 37.9 Å². The molecule has 254 valence electrons. The Hall–Kier alpha value is -4.13. The quantitative estimate of drug-likeness (QED) is 0.118. The number of aromatic hydroxyl groups is 1. The second-order valence-electron chi connectivity index (χ2n) is 10.3. The number of aliphatic hydroxyl groups excluding tert-OH is 3. The number of esters is 5. The van der Waals surface area contributed by atoms with Crippen molar-refractivity contribution in [1.29, 1.82) is 0 Å². The van der Waals surface area contributed by atoms with Crippen LogP contribution in [0.2, 0.25) is 0 Å². The van der Waals surface area contributed by atoms with Gasteiger partial charge in [0, 0.05) is 33.8 Å². The van der Waals surface area contributed by atoms with Gasteiger partial charge in [-0.3, -0.25) is 19.2 Å². The van der Waals surface area contributed by atoms with E-state index >= 15 is 0 Å². The van der Waals surface area contributed by atoms with Crippen molar-refractivity contribution in [3.63, 3.8) is 0 Å². The number of aliphatic hydroxyl groups is 3. The van der Waals surface area contributed by atoms with Gasteiger partial charge in [0.05, 0.1) is 0 Å². The van der Waals surface area contributed by atoms with Crippen molar-refractivity contribution in [2.45, 2.75) is 82.5 Å². The first-order valence-corrected chi connectivity index (χ1v) is 13.9. The van der Waals surface area contributed by atoms with Crippen LogP contribution >= 0.6 is 0 Å². The van der Waals surface area contributed by atoms with Gasteiger partial charge in [0.25, 0.3) is 0 Å². The lowest BCUT2D eigenvalue weighted by atomic mass is 9.98. The molecule has 0 amide bonds. The molecule has 17 nitrogen and oxygen atoms in total. The van der Waals surface area contributed by atoms with Crippen LogP contribution in [0.1, 0.15) is 33.3 Å². The summed E-state index contributed by atoms with van der Waals surface area (Å²) in [5.74, 6) is -6.66. The second-order valence-corrected chi connectivity index (χ2v) is 10.3. The monoisotopic (exact) mass is 656 g/mol. The van der Waals surface area contributed by atoms with Crippen LogP contribution in [-0.2, 0) is 61.9 Å². The summed E-state index contributed by atoms with van der Waals surface area (Å²) in [5.41, 5.74) is 0.567. The molecule has 2 heterocycles. The van der Waals surface area contributed by atoms with Gasteiger partial charge >= 0.3 is 29.8 Å². The van der Waals surface area contributed by atoms with Gasteiger partial charge in [-0.05, 0) is 23.8 Å². The van der Waals surface area contributed by atoms with Crippen molar-refractivity contribution < 1.29 is 82.3 Å². The molecule has 9 atom stereocenters. The molecule has 2 saturated heterocycles. The highest BCUT2D eigenvalue weighted by molar-refractivity contribution is 5.87. The van der Waals surface area contributed by atoms with Gasteiger partial charge in [-0.25, -0.2) is 4.79 Å². The van der Waals surface area contributed by atoms with E-state index in [-0.39, 0.29) is 5.75 Å². The summed E-state index contributed by atoms with van der Waals surface area (Å²) in [5, 5.41) is 42.4. The fourth-order valence-corrected chi connectivity index (χ4v) is 4.59. The molecule has 0 radical (unpaired) electrons. The Morgan fingerprint density at radius 3 is 1.96 bits per heavy atom. The number of hydrogen-bond donors (Lipinski definition) is 4. The van der Waals surface area contributed by atoms with Crippen LogP contribution < -0.4 is 0 Å². The Bertz CT molecular complexity index is 1280. The van der Waals surface area contributed by atoms with E-state index in [9.17, 15) is 44.4 Å². The third-order valence-electron chi connectivity index (χ3n) is 6.66. The van der Waals surface area contributed by atoms with Crippen molar-refractivity contribution in [3.05, 3.63) is 35.9 Å². The molecule has 2 aliphatic rings. The van der Waals surface area contributed by atoms with E-state index < -0.39 is 104 Å². The van der Waals surface area contributed by atoms with Gasteiger partial charge in [-0.2, -0.15) is 0 Å². The van der Waals surface area contributed by atoms with Crippen LogP contribution in [0.25, 0.3) is 6.08 Å². The van der Waals surface area contributed by atoms with Gasteiger partial charge < -0.3 is 58.3 Å². The van der Waals surface area contributed by atoms with Gasteiger partial charge in [-0.1, -0.05) is 12.1 Å². The van der Waals surface area contributed by atoms with E-state index in [1.165, 1.54) is 18.2 Å². The summed E-state index contributed by atoms with van der Waals surface area (Å²) in [7, 11) is 0. The molecule has 3 rings (SSSR count). The van der Waals surface area contributed by atoms with Crippen LogP contribution in [-0.4, -0.2) is 125 Å². The average Bonchev–Trinajstić information content (AvgIpc) is 3.21. The van der Waals surface area contributed by atoms with E-state index in [1.54, 1.807) is 12.1 Å². The number of phenolic OH excluding ortho intramolecular Hbond substituents is 1. The zero-order chi connectivity index (χ0) is 34.2. The zero-order valence-electron chi connectivity index (χ0n) is 25.3. The lowest BCUT2D eigenvalue weighted by molar-refractivity contribution is -0.384. The molecule has 17 heteroatoms. The molecule has 0 aromatic heterocycles. The highest BCUT2D eigenvalue weighted by Gasteiger charge is 2.60. The van der Waals surface area contributed by atoms with Crippen molar-refractivity contribution in [3.8, 4) is 5.75 Å². The van der Waals surface area contributed by atoms with E-state index in [0.717, 1.165) is 33.8 Å². The Morgan fingerprint density at radius 2 is 1.37 bits per heavy atom. The summed E-state index contributed by atoms with van der Waals surface area (Å²) in [6.45, 7) is 2.09. The summed E-state index contributed by atoms with van der Waals surface area (Å²) < 4.78 is 42.8. The van der Waals surface area contributed by atoms with Crippen LogP contribution in [0.5, 0.6) is 5.75 Å². The first-order valence-electron chi connectivity index (χ1n) is 13.9. The fourth-order valence-electron chi connectivity index (χ4n) is 4.59. The minimum Gasteiger partial charge on any atom is -0.508 e. The zero-order valence-corrected chi connectivity index (χ0v) is 25.3. The molecule has 0 bridgehead atoms. The number of carbonyl (C=O) groups is 5. The molecule has 0 aliphatic carbocycles. The SMILES string of the molecule is CC(=O)OC[C@H]1O[C@@H](OC2(COC(C)=O)O[C@@H](COC(=O)/C=C/c3ccc(O)cc3)[C@H](O)[C@H]2O)[C@H](O)[C@@H](OC(C)=O)[C@@H]1OC(C)=O. The number of phenols is 1. The molecule has 1 aromatic carbocycles. The van der Waals surface area contributed by atoms with E-state index in [1.807, 2.05) is 0 Å². The number of rotatable bonds is 12. The Morgan fingerprint density at radius 1 is 0.783 bits per heavy atom. The molecule has 2 aliphatic heterocycles. The fraction of sp³-hybridized carbons (Fsp3) is 0.552. The average molecular weight is 657 g/mol. The normalized spacial score (nSPS) is 30.8. The predicted octanol–water partition coefficient (Wildman–Crippen LogP) is -1.14. The van der Waals surface area contributed by atoms with Crippen molar-refractivity contribution >= 4 is 35.9 Å². The van der Waals surface area contributed by atoms with Crippen molar-refractivity contribution in [2.24, 2.45) is 0 Å². The minimum atomic E-state index is -2.46.